The van der Waals surface area contributed by atoms with E-state index in [9.17, 15) is 18.0 Å². The zero-order valence-electron chi connectivity index (χ0n) is 19.5. The molecule has 2 aromatic rings. The predicted molar refractivity (Wildman–Crippen MR) is 133 cm³/mol. The van der Waals surface area contributed by atoms with Crippen LogP contribution in [0.25, 0.3) is 0 Å². The molecule has 0 aromatic heterocycles. The Hall–Kier alpha value is -2.58. The van der Waals surface area contributed by atoms with Crippen molar-refractivity contribution in [2.45, 2.75) is 46.2 Å². The number of nitrogens with zero attached hydrogens (tertiary/aromatic N) is 2. The van der Waals surface area contributed by atoms with E-state index in [1.54, 1.807) is 37.3 Å². The molecule has 0 aliphatic heterocycles. The highest BCUT2D eigenvalue weighted by molar-refractivity contribution is 7.92. The van der Waals surface area contributed by atoms with E-state index in [0.29, 0.717) is 23.7 Å². The normalized spacial score (nSPS) is 12.2. The summed E-state index contributed by atoms with van der Waals surface area (Å²) in [5, 5.41) is 3.26. The molecule has 2 amide bonds. The predicted octanol–water partition coefficient (Wildman–Crippen LogP) is 3.75. The summed E-state index contributed by atoms with van der Waals surface area (Å²) in [6.45, 7) is 6.18. The standard InChI is InChI=1S/C24H32ClN3O4S/c1-5-26-24(30)19(3)27(17-20-11-6-7-13-22(20)25)23(29)14-9-15-28(33(4,31)32)21-12-8-10-18(2)16-21/h6-8,10-13,16,19H,5,9,14-15,17H2,1-4H3,(H,26,30)/t19-/m0/s1. The van der Waals surface area contributed by atoms with E-state index < -0.39 is 16.1 Å². The van der Waals surface area contributed by atoms with Gasteiger partial charge in [0.05, 0.1) is 11.9 Å². The molecule has 0 radical (unpaired) electrons. The third-order valence-corrected chi connectivity index (χ3v) is 6.82. The Morgan fingerprint density at radius 1 is 1.12 bits per heavy atom. The number of carbonyl (C=O) groups excluding carboxylic acids is 2. The van der Waals surface area contributed by atoms with Crippen LogP contribution in [0.3, 0.4) is 0 Å². The zero-order chi connectivity index (χ0) is 24.6. The first-order chi connectivity index (χ1) is 15.5. The first-order valence-electron chi connectivity index (χ1n) is 10.9. The van der Waals surface area contributed by atoms with Crippen molar-refractivity contribution < 1.29 is 18.0 Å². The van der Waals surface area contributed by atoms with E-state index >= 15 is 0 Å². The minimum atomic E-state index is -3.52. The number of rotatable bonds is 11. The summed E-state index contributed by atoms with van der Waals surface area (Å²) in [5.41, 5.74) is 2.24. The average Bonchev–Trinajstić information content (AvgIpc) is 2.74. The van der Waals surface area contributed by atoms with Gasteiger partial charge in [0.25, 0.3) is 0 Å². The molecule has 7 nitrogen and oxygen atoms in total. The number of likely N-dealkylation sites (N-methyl/N-ethyl adjacent to an activating group) is 1. The molecule has 0 saturated carbocycles. The largest absolute Gasteiger partial charge is 0.355 e. The number of halogens is 1. The van der Waals surface area contributed by atoms with Gasteiger partial charge < -0.3 is 10.2 Å². The van der Waals surface area contributed by atoms with Crippen LogP contribution in [0.2, 0.25) is 5.02 Å². The summed E-state index contributed by atoms with van der Waals surface area (Å²) >= 11 is 6.28. The first kappa shape index (κ1) is 26.7. The summed E-state index contributed by atoms with van der Waals surface area (Å²) in [5.74, 6) is -0.498. The molecule has 180 valence electrons. The van der Waals surface area contributed by atoms with Crippen molar-refractivity contribution >= 4 is 39.1 Å². The maximum absolute atomic E-state index is 13.2. The van der Waals surface area contributed by atoms with Gasteiger partial charge in [-0.1, -0.05) is 41.9 Å². The van der Waals surface area contributed by atoms with E-state index in [2.05, 4.69) is 5.32 Å². The number of nitrogens with one attached hydrogen (secondary N) is 1. The topological polar surface area (TPSA) is 86.8 Å². The SMILES string of the molecule is CCNC(=O)[C@H](C)N(Cc1ccccc1Cl)C(=O)CCCN(c1cccc(C)c1)S(C)(=O)=O. The minimum Gasteiger partial charge on any atom is -0.355 e. The molecule has 2 rings (SSSR count). The van der Waals surface area contributed by atoms with Crippen molar-refractivity contribution in [3.8, 4) is 0 Å². The second-order valence-electron chi connectivity index (χ2n) is 7.96. The molecule has 0 heterocycles. The van der Waals surface area contributed by atoms with Gasteiger partial charge in [0.1, 0.15) is 6.04 Å². The molecule has 9 heteroatoms. The third kappa shape index (κ3) is 7.75. The highest BCUT2D eigenvalue weighted by Gasteiger charge is 2.26. The molecule has 0 spiro atoms. The number of hydrogen-bond donors (Lipinski definition) is 1. The van der Waals surface area contributed by atoms with Crippen LogP contribution in [0.1, 0.15) is 37.8 Å². The zero-order valence-corrected chi connectivity index (χ0v) is 21.1. The van der Waals surface area contributed by atoms with Crippen molar-refractivity contribution in [3.05, 3.63) is 64.7 Å². The molecular formula is C24H32ClN3O4S. The fourth-order valence-corrected chi connectivity index (χ4v) is 4.65. The van der Waals surface area contributed by atoms with Crippen LogP contribution < -0.4 is 9.62 Å². The lowest BCUT2D eigenvalue weighted by atomic mass is 10.1. The summed E-state index contributed by atoms with van der Waals surface area (Å²) in [6.07, 6.45) is 1.55. The quantitative estimate of drug-likeness (QED) is 0.516. The maximum Gasteiger partial charge on any atom is 0.242 e. The lowest BCUT2D eigenvalue weighted by Gasteiger charge is -2.29. The van der Waals surface area contributed by atoms with Crippen LogP contribution in [0.4, 0.5) is 5.69 Å². The maximum atomic E-state index is 13.2. The van der Waals surface area contributed by atoms with Gasteiger partial charge in [-0.25, -0.2) is 8.42 Å². The van der Waals surface area contributed by atoms with Gasteiger partial charge in [-0.05, 0) is 56.5 Å². The smallest absolute Gasteiger partial charge is 0.242 e. The summed E-state index contributed by atoms with van der Waals surface area (Å²) in [7, 11) is -3.52. The van der Waals surface area contributed by atoms with Gasteiger partial charge in [-0.2, -0.15) is 0 Å². The Bertz CT molecular complexity index is 1070. The van der Waals surface area contributed by atoms with Crippen LogP contribution in [0, 0.1) is 6.92 Å². The Morgan fingerprint density at radius 3 is 2.42 bits per heavy atom. The molecule has 2 aromatic carbocycles. The lowest BCUT2D eigenvalue weighted by Crippen LogP contribution is -2.47. The van der Waals surface area contributed by atoms with Crippen molar-refractivity contribution in [1.29, 1.82) is 0 Å². The van der Waals surface area contributed by atoms with Crippen molar-refractivity contribution in [3.63, 3.8) is 0 Å². The average molecular weight is 494 g/mol. The van der Waals surface area contributed by atoms with Crippen LogP contribution in [0.5, 0.6) is 0 Å². The number of sulfonamides is 1. The molecule has 0 saturated heterocycles. The molecule has 0 bridgehead atoms. The number of amides is 2. The number of benzene rings is 2. The van der Waals surface area contributed by atoms with Crippen LogP contribution in [-0.4, -0.2) is 50.5 Å². The summed E-state index contributed by atoms with van der Waals surface area (Å²) < 4.78 is 26.0. The fourth-order valence-electron chi connectivity index (χ4n) is 3.50. The summed E-state index contributed by atoms with van der Waals surface area (Å²) in [6, 6.07) is 13.7. The van der Waals surface area contributed by atoms with E-state index in [1.165, 1.54) is 9.21 Å². The van der Waals surface area contributed by atoms with E-state index in [-0.39, 0.29) is 31.3 Å². The van der Waals surface area contributed by atoms with Gasteiger partial charge in [-0.15, -0.1) is 0 Å². The van der Waals surface area contributed by atoms with Gasteiger partial charge in [0.2, 0.25) is 21.8 Å². The molecule has 0 fully saturated rings. The monoisotopic (exact) mass is 493 g/mol. The highest BCUT2D eigenvalue weighted by atomic mass is 35.5. The van der Waals surface area contributed by atoms with Gasteiger partial charge in [0, 0.05) is 31.1 Å². The molecular weight excluding hydrogens is 462 g/mol. The molecule has 1 atom stereocenters. The molecule has 0 aliphatic carbocycles. The van der Waals surface area contributed by atoms with Gasteiger partial charge >= 0.3 is 0 Å². The highest BCUT2D eigenvalue weighted by Crippen LogP contribution is 2.22. The van der Waals surface area contributed by atoms with Crippen molar-refractivity contribution in [1.82, 2.24) is 10.2 Å². The second-order valence-corrected chi connectivity index (χ2v) is 10.3. The third-order valence-electron chi connectivity index (χ3n) is 5.26. The Balaban J connectivity index is 2.16. The number of carbonyl (C=O) groups is 2. The molecule has 1 N–H and O–H groups in total. The van der Waals surface area contributed by atoms with E-state index in [1.807, 2.05) is 32.0 Å². The summed E-state index contributed by atoms with van der Waals surface area (Å²) in [4.78, 5) is 27.1. The van der Waals surface area contributed by atoms with Crippen LogP contribution in [-0.2, 0) is 26.2 Å². The van der Waals surface area contributed by atoms with E-state index in [0.717, 1.165) is 17.4 Å². The number of hydrogen-bond acceptors (Lipinski definition) is 4. The Kier molecular flexibility index (Phi) is 9.73. The minimum absolute atomic E-state index is 0.0893. The van der Waals surface area contributed by atoms with Crippen LogP contribution in [0.15, 0.2) is 48.5 Å². The first-order valence-corrected chi connectivity index (χ1v) is 13.1. The van der Waals surface area contributed by atoms with Crippen molar-refractivity contribution in [2.75, 3.05) is 23.7 Å². The fraction of sp³-hybridized carbons (Fsp3) is 0.417. The number of anilines is 1. The molecule has 33 heavy (non-hydrogen) atoms. The Labute approximate surface area is 201 Å². The van der Waals surface area contributed by atoms with Gasteiger partial charge in [0.15, 0.2) is 0 Å². The second kappa shape index (κ2) is 12.0. The molecule has 0 unspecified atom stereocenters. The van der Waals surface area contributed by atoms with Crippen molar-refractivity contribution in [2.24, 2.45) is 0 Å². The van der Waals surface area contributed by atoms with Gasteiger partial charge in [-0.3, -0.25) is 13.9 Å². The van der Waals surface area contributed by atoms with E-state index in [4.69, 9.17) is 11.6 Å². The molecule has 0 aliphatic rings. The van der Waals surface area contributed by atoms with Crippen LogP contribution >= 0.6 is 11.6 Å². The Morgan fingerprint density at radius 2 is 1.82 bits per heavy atom. The lowest BCUT2D eigenvalue weighted by molar-refractivity contribution is -0.140. The number of aryl methyl sites for hydroxylation is 1.